The lowest BCUT2D eigenvalue weighted by Crippen LogP contribution is -2.43. The maximum atomic E-state index is 4.57. The van der Waals surface area contributed by atoms with Gasteiger partial charge < -0.3 is 15.0 Å². The first-order valence-electron chi connectivity index (χ1n) is 9.11. The van der Waals surface area contributed by atoms with Crippen molar-refractivity contribution >= 4 is 5.65 Å². The lowest BCUT2D eigenvalue weighted by atomic mass is 9.67. The second kappa shape index (κ2) is 6.25. The summed E-state index contributed by atoms with van der Waals surface area (Å²) in [6, 6.07) is 4.90. The molecule has 0 aromatic carbocycles. The van der Waals surface area contributed by atoms with Crippen molar-refractivity contribution in [3.8, 4) is 0 Å². The average molecular weight is 312 g/mol. The Morgan fingerprint density at radius 1 is 1.26 bits per heavy atom. The molecule has 4 rings (SSSR count). The molecule has 0 bridgehead atoms. The first kappa shape index (κ1) is 15.2. The molecule has 2 aromatic rings. The van der Waals surface area contributed by atoms with Gasteiger partial charge in [0.25, 0.3) is 0 Å². The van der Waals surface area contributed by atoms with Gasteiger partial charge in [-0.1, -0.05) is 6.07 Å². The molecule has 4 nitrogen and oxygen atoms in total. The summed E-state index contributed by atoms with van der Waals surface area (Å²) < 4.78 is 2.22. The van der Waals surface area contributed by atoms with E-state index in [1.165, 1.54) is 62.9 Å². The number of nitrogens with zero attached hydrogens (tertiary/aromatic N) is 2. The van der Waals surface area contributed by atoms with E-state index in [-0.39, 0.29) is 0 Å². The van der Waals surface area contributed by atoms with Crippen LogP contribution in [0.5, 0.6) is 0 Å². The third kappa shape index (κ3) is 3.02. The van der Waals surface area contributed by atoms with E-state index in [0.717, 1.165) is 12.2 Å². The van der Waals surface area contributed by atoms with Crippen LogP contribution in [-0.2, 0) is 6.54 Å². The fourth-order valence-electron chi connectivity index (χ4n) is 4.47. The maximum absolute atomic E-state index is 4.57. The largest absolute Gasteiger partial charge is 0.317 e. The smallest absolute Gasteiger partial charge is 0.139 e. The molecule has 3 heterocycles. The highest BCUT2D eigenvalue weighted by Gasteiger charge is 2.35. The van der Waals surface area contributed by atoms with Crippen LogP contribution in [0.3, 0.4) is 0 Å². The summed E-state index contributed by atoms with van der Waals surface area (Å²) in [5, 5.41) is 7.29. The summed E-state index contributed by atoms with van der Waals surface area (Å²) in [5.41, 5.74) is 4.25. The molecule has 0 atom stereocenters. The summed E-state index contributed by atoms with van der Waals surface area (Å²) >= 11 is 0. The highest BCUT2D eigenvalue weighted by molar-refractivity contribution is 5.48. The van der Waals surface area contributed by atoms with Crippen molar-refractivity contribution < 1.29 is 0 Å². The minimum Gasteiger partial charge on any atom is -0.317 e. The second-order valence-electron chi connectivity index (χ2n) is 7.54. The van der Waals surface area contributed by atoms with Gasteiger partial charge in [0.2, 0.25) is 0 Å². The number of aromatic nitrogens is 2. The van der Waals surface area contributed by atoms with Crippen LogP contribution >= 0.6 is 0 Å². The number of hydrogen-bond acceptors (Lipinski definition) is 3. The molecule has 1 aliphatic carbocycles. The van der Waals surface area contributed by atoms with Crippen LogP contribution < -0.4 is 10.6 Å². The summed E-state index contributed by atoms with van der Waals surface area (Å²) in [5.74, 6) is 0. The molecule has 2 fully saturated rings. The number of pyridine rings is 1. The van der Waals surface area contributed by atoms with E-state index in [2.05, 4.69) is 45.3 Å². The predicted molar refractivity (Wildman–Crippen MR) is 93.6 cm³/mol. The quantitative estimate of drug-likeness (QED) is 0.915. The van der Waals surface area contributed by atoms with Crippen LogP contribution in [-0.4, -0.2) is 28.5 Å². The minimum absolute atomic E-state index is 0.657. The van der Waals surface area contributed by atoms with Crippen LogP contribution in [0.4, 0.5) is 0 Å². The SMILES string of the molecule is Cc1cccn2c(CNC3CCC4(CCNCC4)CC3)cnc12. The zero-order valence-electron chi connectivity index (χ0n) is 14.1. The van der Waals surface area contributed by atoms with Crippen LogP contribution in [0.25, 0.3) is 5.65 Å². The monoisotopic (exact) mass is 312 g/mol. The zero-order chi connectivity index (χ0) is 15.7. The maximum Gasteiger partial charge on any atom is 0.139 e. The standard InChI is InChI=1S/C19H28N4/c1-15-3-2-12-23-17(14-22-18(15)23)13-21-16-4-6-19(7-5-16)8-10-20-11-9-19/h2-3,12,14,16,20-21H,4-11,13H2,1H3. The van der Waals surface area contributed by atoms with E-state index in [1.54, 1.807) is 0 Å². The van der Waals surface area contributed by atoms with Crippen molar-refractivity contribution in [2.24, 2.45) is 5.41 Å². The Morgan fingerprint density at radius 3 is 2.83 bits per heavy atom. The van der Waals surface area contributed by atoms with Crippen LogP contribution in [0, 0.1) is 12.3 Å². The number of aryl methyl sites for hydroxylation is 1. The van der Waals surface area contributed by atoms with E-state index in [9.17, 15) is 0 Å². The molecule has 2 aromatic heterocycles. The lowest BCUT2D eigenvalue weighted by molar-refractivity contribution is 0.115. The molecule has 2 aliphatic rings. The van der Waals surface area contributed by atoms with Crippen LogP contribution in [0.1, 0.15) is 49.8 Å². The Hall–Kier alpha value is -1.39. The van der Waals surface area contributed by atoms with E-state index in [4.69, 9.17) is 0 Å². The molecule has 4 heteroatoms. The number of rotatable bonds is 3. The number of nitrogens with one attached hydrogen (secondary N) is 2. The lowest BCUT2D eigenvalue weighted by Gasteiger charge is -2.43. The summed E-state index contributed by atoms with van der Waals surface area (Å²) in [4.78, 5) is 4.57. The van der Waals surface area contributed by atoms with Gasteiger partial charge in [0.1, 0.15) is 5.65 Å². The molecular weight excluding hydrogens is 284 g/mol. The van der Waals surface area contributed by atoms with E-state index < -0.39 is 0 Å². The number of hydrogen-bond donors (Lipinski definition) is 2. The molecule has 0 unspecified atom stereocenters. The highest BCUT2D eigenvalue weighted by Crippen LogP contribution is 2.43. The fraction of sp³-hybridized carbons (Fsp3) is 0.632. The van der Waals surface area contributed by atoms with Crippen molar-refractivity contribution in [1.82, 2.24) is 20.0 Å². The molecule has 1 saturated carbocycles. The molecule has 2 N–H and O–H groups in total. The molecule has 1 spiro atoms. The molecule has 1 saturated heterocycles. The van der Waals surface area contributed by atoms with Gasteiger partial charge in [0.05, 0.1) is 11.9 Å². The van der Waals surface area contributed by atoms with Gasteiger partial charge >= 0.3 is 0 Å². The minimum atomic E-state index is 0.657. The van der Waals surface area contributed by atoms with E-state index in [1.807, 2.05) is 6.20 Å². The Labute approximate surface area is 138 Å². The normalized spacial score (nSPS) is 22.0. The Bertz CT molecular complexity index is 659. The van der Waals surface area contributed by atoms with Gasteiger partial charge in [-0.2, -0.15) is 0 Å². The number of piperidine rings is 1. The summed E-state index contributed by atoms with van der Waals surface area (Å²) in [6.45, 7) is 5.49. The van der Waals surface area contributed by atoms with Crippen molar-refractivity contribution in [3.05, 3.63) is 35.8 Å². The fourth-order valence-corrected chi connectivity index (χ4v) is 4.47. The van der Waals surface area contributed by atoms with E-state index >= 15 is 0 Å². The van der Waals surface area contributed by atoms with Gasteiger partial charge in [-0.25, -0.2) is 4.98 Å². The molecule has 0 amide bonds. The van der Waals surface area contributed by atoms with Crippen molar-refractivity contribution in [1.29, 1.82) is 0 Å². The van der Waals surface area contributed by atoms with Crippen LogP contribution in [0.2, 0.25) is 0 Å². The van der Waals surface area contributed by atoms with Gasteiger partial charge in [0, 0.05) is 18.8 Å². The van der Waals surface area contributed by atoms with Crippen molar-refractivity contribution in [2.45, 2.75) is 58.0 Å². The molecule has 1 aliphatic heterocycles. The van der Waals surface area contributed by atoms with Gasteiger partial charge in [-0.15, -0.1) is 0 Å². The Kier molecular flexibility index (Phi) is 4.12. The molecule has 0 radical (unpaired) electrons. The van der Waals surface area contributed by atoms with Crippen LogP contribution in [0.15, 0.2) is 24.5 Å². The molecule has 23 heavy (non-hydrogen) atoms. The van der Waals surface area contributed by atoms with E-state index in [0.29, 0.717) is 11.5 Å². The number of fused-ring (bicyclic) bond motifs is 1. The topological polar surface area (TPSA) is 41.4 Å². The van der Waals surface area contributed by atoms with Crippen molar-refractivity contribution in [3.63, 3.8) is 0 Å². The molecule has 124 valence electrons. The van der Waals surface area contributed by atoms with Crippen molar-refractivity contribution in [2.75, 3.05) is 13.1 Å². The Balaban J connectivity index is 1.35. The summed E-state index contributed by atoms with van der Waals surface area (Å²) in [6.07, 6.45) is 12.4. The van der Waals surface area contributed by atoms with Gasteiger partial charge in [-0.05, 0) is 75.6 Å². The highest BCUT2D eigenvalue weighted by atomic mass is 15.0. The first-order chi connectivity index (χ1) is 11.3. The predicted octanol–water partition coefficient (Wildman–Crippen LogP) is 3.04. The zero-order valence-corrected chi connectivity index (χ0v) is 14.1. The Morgan fingerprint density at radius 2 is 2.04 bits per heavy atom. The molecular formula is C19H28N4. The average Bonchev–Trinajstić information content (AvgIpc) is 3.00. The van der Waals surface area contributed by atoms with Gasteiger partial charge in [0.15, 0.2) is 0 Å². The third-order valence-corrected chi connectivity index (χ3v) is 6.09. The van der Waals surface area contributed by atoms with Gasteiger partial charge in [-0.3, -0.25) is 0 Å². The number of imidazole rings is 1. The first-order valence-corrected chi connectivity index (χ1v) is 9.11. The third-order valence-electron chi connectivity index (χ3n) is 6.09. The summed E-state index contributed by atoms with van der Waals surface area (Å²) in [7, 11) is 0. The second-order valence-corrected chi connectivity index (χ2v) is 7.54.